The molecule has 0 bridgehead atoms. The number of nitrogens with zero attached hydrogens (tertiary/aromatic N) is 8. The maximum atomic E-state index is 13.4. The Morgan fingerprint density at radius 2 is 1.78 bits per heavy atom. The van der Waals surface area contributed by atoms with Gasteiger partial charge in [-0.05, 0) is 55.5 Å². The smallest absolute Gasteiger partial charge is 0.156 e. The minimum atomic E-state index is -0.838. The van der Waals surface area contributed by atoms with Crippen LogP contribution in [0.2, 0.25) is 0 Å². The van der Waals surface area contributed by atoms with Crippen molar-refractivity contribution in [2.24, 2.45) is 5.73 Å². The Kier molecular flexibility index (Phi) is 5.95. The van der Waals surface area contributed by atoms with Crippen molar-refractivity contribution in [2.45, 2.75) is 43.9 Å². The standard InChI is InChI=1S/C30H30FN9O/c1-29(32,23-2-4-25(31)5-3-23)24-14-33-27(34-15-24)20-6-10-38(11-7-20)28-26-12-21(17-40(26)37-19-35-28)22-13-36-39(16-22)18-30(41)8-9-30/h2-6,12-17,19,41H,7-11,18,32H2,1H3. The van der Waals surface area contributed by atoms with E-state index >= 15 is 0 Å². The molecule has 2 aliphatic rings. The minimum absolute atomic E-state index is 0.299. The van der Waals surface area contributed by atoms with Gasteiger partial charge in [-0.1, -0.05) is 18.2 Å². The Morgan fingerprint density at radius 3 is 2.49 bits per heavy atom. The summed E-state index contributed by atoms with van der Waals surface area (Å²) in [6.45, 7) is 3.80. The molecule has 1 aliphatic heterocycles. The van der Waals surface area contributed by atoms with E-state index < -0.39 is 11.1 Å². The number of halogens is 1. The largest absolute Gasteiger partial charge is 0.388 e. The first kappa shape index (κ1) is 25.5. The second kappa shape index (κ2) is 9.57. The van der Waals surface area contributed by atoms with Gasteiger partial charge in [-0.3, -0.25) is 4.68 Å². The fourth-order valence-corrected chi connectivity index (χ4v) is 5.31. The molecule has 41 heavy (non-hydrogen) atoms. The topological polar surface area (TPSA) is 123 Å². The van der Waals surface area contributed by atoms with Gasteiger partial charge in [0.05, 0.1) is 23.9 Å². The van der Waals surface area contributed by atoms with Crippen LogP contribution in [0.15, 0.2) is 73.7 Å². The molecule has 10 nitrogen and oxygen atoms in total. The van der Waals surface area contributed by atoms with Crippen LogP contribution in [0.4, 0.5) is 10.2 Å². The summed E-state index contributed by atoms with van der Waals surface area (Å²) in [7, 11) is 0. The molecule has 0 amide bonds. The maximum absolute atomic E-state index is 13.4. The van der Waals surface area contributed by atoms with E-state index in [0.29, 0.717) is 18.9 Å². The highest BCUT2D eigenvalue weighted by Gasteiger charge is 2.40. The quantitative estimate of drug-likeness (QED) is 0.315. The molecule has 1 aromatic carbocycles. The molecule has 0 saturated heterocycles. The fraction of sp³-hybridized carbons (Fsp3) is 0.300. The molecule has 1 unspecified atom stereocenters. The summed E-state index contributed by atoms with van der Waals surface area (Å²) in [6.07, 6.45) is 15.4. The first-order chi connectivity index (χ1) is 19.8. The summed E-state index contributed by atoms with van der Waals surface area (Å²) >= 11 is 0. The van der Waals surface area contributed by atoms with Gasteiger partial charge >= 0.3 is 0 Å². The van der Waals surface area contributed by atoms with Gasteiger partial charge in [-0.25, -0.2) is 23.9 Å². The van der Waals surface area contributed by atoms with Gasteiger partial charge in [0, 0.05) is 54.6 Å². The molecule has 1 fully saturated rings. The van der Waals surface area contributed by atoms with Gasteiger partial charge < -0.3 is 15.7 Å². The second-order valence-electron chi connectivity index (χ2n) is 11.2. The van der Waals surface area contributed by atoms with E-state index in [1.54, 1.807) is 35.5 Å². The molecule has 4 aromatic heterocycles. The lowest BCUT2D eigenvalue weighted by molar-refractivity contribution is 0.125. The van der Waals surface area contributed by atoms with Crippen LogP contribution in [0.1, 0.15) is 43.1 Å². The number of nitrogens with two attached hydrogens (primary N) is 1. The van der Waals surface area contributed by atoms with Crippen molar-refractivity contribution in [3.05, 3.63) is 96.5 Å². The number of hydrogen-bond acceptors (Lipinski definition) is 8. The molecular weight excluding hydrogens is 521 g/mol. The van der Waals surface area contributed by atoms with E-state index in [-0.39, 0.29) is 5.82 Å². The predicted molar refractivity (Wildman–Crippen MR) is 152 cm³/mol. The van der Waals surface area contributed by atoms with Crippen LogP contribution in [-0.2, 0) is 12.1 Å². The third-order valence-corrected chi connectivity index (χ3v) is 8.13. The molecule has 1 saturated carbocycles. The molecule has 5 aromatic rings. The lowest BCUT2D eigenvalue weighted by atomic mass is 9.87. The van der Waals surface area contributed by atoms with E-state index in [1.807, 2.05) is 30.0 Å². The normalized spacial score (nSPS) is 17.9. The third kappa shape index (κ3) is 4.87. The minimum Gasteiger partial charge on any atom is -0.388 e. The van der Waals surface area contributed by atoms with Gasteiger partial charge in [-0.15, -0.1) is 0 Å². The van der Waals surface area contributed by atoms with Crippen LogP contribution in [0.25, 0.3) is 22.2 Å². The average Bonchev–Trinajstić information content (AvgIpc) is 3.34. The highest BCUT2D eigenvalue weighted by molar-refractivity contribution is 5.78. The molecule has 7 rings (SSSR count). The van der Waals surface area contributed by atoms with Crippen LogP contribution in [0.5, 0.6) is 0 Å². The van der Waals surface area contributed by atoms with Crippen molar-refractivity contribution in [1.82, 2.24) is 34.3 Å². The summed E-state index contributed by atoms with van der Waals surface area (Å²) < 4.78 is 17.0. The van der Waals surface area contributed by atoms with Crippen molar-refractivity contribution in [3.63, 3.8) is 0 Å². The van der Waals surface area contributed by atoms with Gasteiger partial charge in [0.15, 0.2) is 11.6 Å². The molecule has 11 heteroatoms. The second-order valence-corrected chi connectivity index (χ2v) is 11.2. The van der Waals surface area contributed by atoms with E-state index in [0.717, 1.165) is 65.0 Å². The summed E-state index contributed by atoms with van der Waals surface area (Å²) in [4.78, 5) is 16.1. The highest BCUT2D eigenvalue weighted by atomic mass is 19.1. The Labute approximate surface area is 236 Å². The number of fused-ring (bicyclic) bond motifs is 1. The van der Waals surface area contributed by atoms with Crippen LogP contribution in [0, 0.1) is 5.82 Å². The Morgan fingerprint density at radius 1 is 1.00 bits per heavy atom. The summed E-state index contributed by atoms with van der Waals surface area (Å²) in [5.41, 5.74) is 10.6. The Hall–Kier alpha value is -4.48. The number of rotatable bonds is 7. The summed E-state index contributed by atoms with van der Waals surface area (Å²) in [5.74, 6) is 1.23. The molecule has 1 atom stereocenters. The van der Waals surface area contributed by atoms with Crippen LogP contribution in [-0.4, -0.2) is 58.1 Å². The number of aromatic nitrogens is 7. The lowest BCUT2D eigenvalue weighted by Gasteiger charge is -2.28. The van der Waals surface area contributed by atoms with Crippen LogP contribution >= 0.6 is 0 Å². The number of aliphatic hydroxyl groups is 1. The zero-order valence-corrected chi connectivity index (χ0v) is 22.7. The maximum Gasteiger partial charge on any atom is 0.156 e. The molecule has 3 N–H and O–H groups in total. The van der Waals surface area contributed by atoms with E-state index in [1.165, 1.54) is 12.1 Å². The van der Waals surface area contributed by atoms with Crippen molar-refractivity contribution < 1.29 is 9.50 Å². The van der Waals surface area contributed by atoms with Crippen molar-refractivity contribution in [3.8, 4) is 11.1 Å². The molecule has 208 valence electrons. The highest BCUT2D eigenvalue weighted by Crippen LogP contribution is 2.37. The third-order valence-electron chi connectivity index (χ3n) is 8.13. The molecule has 5 heterocycles. The molecule has 0 spiro atoms. The van der Waals surface area contributed by atoms with Gasteiger partial charge in [0.25, 0.3) is 0 Å². The van der Waals surface area contributed by atoms with Crippen LogP contribution < -0.4 is 10.6 Å². The van der Waals surface area contributed by atoms with Crippen LogP contribution in [0.3, 0.4) is 0 Å². The van der Waals surface area contributed by atoms with Gasteiger partial charge in [0.2, 0.25) is 0 Å². The zero-order valence-electron chi connectivity index (χ0n) is 22.7. The Bertz CT molecular complexity index is 1750. The predicted octanol–water partition coefficient (Wildman–Crippen LogP) is 3.56. The number of benzene rings is 1. The molecule has 0 radical (unpaired) electrons. The molecule has 1 aliphatic carbocycles. The van der Waals surface area contributed by atoms with Crippen molar-refractivity contribution in [1.29, 1.82) is 0 Å². The average molecular weight is 552 g/mol. The first-order valence-corrected chi connectivity index (χ1v) is 13.7. The lowest BCUT2D eigenvalue weighted by Crippen LogP contribution is -2.34. The van der Waals surface area contributed by atoms with Gasteiger partial charge in [0.1, 0.15) is 17.7 Å². The monoisotopic (exact) mass is 551 g/mol. The van der Waals surface area contributed by atoms with E-state index in [4.69, 9.17) is 5.73 Å². The zero-order chi connectivity index (χ0) is 28.2. The molecular formula is C30H30FN9O. The number of anilines is 1. The van der Waals surface area contributed by atoms with E-state index in [2.05, 4.69) is 42.2 Å². The Balaban J connectivity index is 1.08. The summed E-state index contributed by atoms with van der Waals surface area (Å²) in [5, 5.41) is 19.1. The van der Waals surface area contributed by atoms with Crippen molar-refractivity contribution in [2.75, 3.05) is 18.0 Å². The summed E-state index contributed by atoms with van der Waals surface area (Å²) in [6, 6.07) is 8.27. The van der Waals surface area contributed by atoms with Crippen molar-refractivity contribution >= 4 is 16.9 Å². The van der Waals surface area contributed by atoms with Gasteiger partial charge in [-0.2, -0.15) is 10.2 Å². The van der Waals surface area contributed by atoms with E-state index in [9.17, 15) is 9.50 Å². The SMILES string of the molecule is CC(N)(c1ccc(F)cc1)c1cnc(C2=CCN(c3ncnn4cc(-c5cnn(CC6(O)CC6)c5)cc34)CC2)nc1. The first-order valence-electron chi connectivity index (χ1n) is 13.7. The fourth-order valence-electron chi connectivity index (χ4n) is 5.31. The number of hydrogen-bond donors (Lipinski definition) is 2.